The summed E-state index contributed by atoms with van der Waals surface area (Å²) in [5, 5.41) is 22.5. The van der Waals surface area contributed by atoms with Crippen molar-refractivity contribution in [1.82, 2.24) is 5.32 Å². The van der Waals surface area contributed by atoms with Gasteiger partial charge in [0.25, 0.3) is 0 Å². The lowest BCUT2D eigenvalue weighted by atomic mass is 9.83. The van der Waals surface area contributed by atoms with Gasteiger partial charge in [0.1, 0.15) is 0 Å². The molecule has 2 N–H and O–H groups in total. The molecule has 0 aromatic heterocycles. The summed E-state index contributed by atoms with van der Waals surface area (Å²) >= 11 is 0. The van der Waals surface area contributed by atoms with Crippen LogP contribution in [0.4, 0.5) is 0 Å². The van der Waals surface area contributed by atoms with Crippen LogP contribution in [0.15, 0.2) is 0 Å². The van der Waals surface area contributed by atoms with Crippen LogP contribution in [0, 0.1) is 23.2 Å². The summed E-state index contributed by atoms with van der Waals surface area (Å²) < 4.78 is 0. The fourth-order valence-corrected chi connectivity index (χ4v) is 3.58. The van der Waals surface area contributed by atoms with Crippen LogP contribution in [0.1, 0.15) is 57.8 Å². The van der Waals surface area contributed by atoms with Gasteiger partial charge < -0.3 is 10.4 Å². The van der Waals surface area contributed by atoms with Gasteiger partial charge in [0, 0.05) is 18.7 Å². The second-order valence-electron chi connectivity index (χ2n) is 5.98. The maximum absolute atomic E-state index is 9.46. The molecule has 3 nitrogen and oxygen atoms in total. The Hall–Kier alpha value is -0.590. The first-order valence-electron chi connectivity index (χ1n) is 7.61. The number of nitrogens with one attached hydrogen (secondary N) is 1. The lowest BCUT2D eigenvalue weighted by molar-refractivity contribution is 0.140. The van der Waals surface area contributed by atoms with Gasteiger partial charge in [-0.2, -0.15) is 5.26 Å². The zero-order valence-electron chi connectivity index (χ0n) is 11.3. The Kier molecular flexibility index (Phi) is 5.46. The average molecular weight is 250 g/mol. The van der Waals surface area contributed by atoms with Crippen molar-refractivity contribution in [2.24, 2.45) is 11.8 Å². The smallest absolute Gasteiger partial charge is 0.0672 e. The molecule has 18 heavy (non-hydrogen) atoms. The molecule has 4 atom stereocenters. The zero-order chi connectivity index (χ0) is 12.8. The molecule has 2 aliphatic rings. The van der Waals surface area contributed by atoms with Crippen LogP contribution in [-0.4, -0.2) is 23.8 Å². The second-order valence-corrected chi connectivity index (χ2v) is 5.98. The van der Waals surface area contributed by atoms with Gasteiger partial charge in [-0.1, -0.05) is 32.1 Å². The third kappa shape index (κ3) is 3.46. The molecule has 0 aliphatic heterocycles. The van der Waals surface area contributed by atoms with Gasteiger partial charge in [-0.25, -0.2) is 0 Å². The van der Waals surface area contributed by atoms with Crippen molar-refractivity contribution in [3.05, 3.63) is 0 Å². The molecular weight excluding hydrogens is 224 g/mol. The molecule has 2 rings (SSSR count). The van der Waals surface area contributed by atoms with Crippen LogP contribution in [0.25, 0.3) is 0 Å². The lowest BCUT2D eigenvalue weighted by Gasteiger charge is -2.35. The first-order chi connectivity index (χ1) is 8.85. The predicted octanol–water partition coefficient (Wildman–Crippen LogP) is 2.60. The zero-order valence-corrected chi connectivity index (χ0v) is 11.3. The number of aliphatic hydroxyl groups is 1. The molecule has 2 aliphatic carbocycles. The molecule has 4 unspecified atom stereocenters. The van der Waals surface area contributed by atoms with E-state index in [4.69, 9.17) is 0 Å². The Morgan fingerprint density at radius 2 is 1.61 bits per heavy atom. The molecular formula is C15H26N2O. The van der Waals surface area contributed by atoms with Gasteiger partial charge in [0.05, 0.1) is 12.0 Å². The topological polar surface area (TPSA) is 56.0 Å². The first kappa shape index (κ1) is 13.8. The Morgan fingerprint density at radius 3 is 2.39 bits per heavy atom. The Labute approximate surface area is 111 Å². The fraction of sp³-hybridized carbons (Fsp3) is 0.933. The van der Waals surface area contributed by atoms with Crippen LogP contribution >= 0.6 is 0 Å². The molecule has 0 amide bonds. The van der Waals surface area contributed by atoms with Crippen molar-refractivity contribution < 1.29 is 5.11 Å². The number of hydrogen-bond acceptors (Lipinski definition) is 3. The molecule has 0 heterocycles. The summed E-state index contributed by atoms with van der Waals surface area (Å²) in [6.07, 6.45) is 10.7. The van der Waals surface area contributed by atoms with Gasteiger partial charge in [0.2, 0.25) is 0 Å². The predicted molar refractivity (Wildman–Crippen MR) is 71.9 cm³/mol. The first-order valence-corrected chi connectivity index (χ1v) is 7.61. The number of nitriles is 1. The number of hydrogen-bond donors (Lipinski definition) is 2. The maximum Gasteiger partial charge on any atom is 0.0672 e. The van der Waals surface area contributed by atoms with E-state index >= 15 is 0 Å². The maximum atomic E-state index is 9.46. The van der Waals surface area contributed by atoms with Crippen LogP contribution < -0.4 is 5.32 Å². The average Bonchev–Trinajstić information content (AvgIpc) is 2.64. The highest BCUT2D eigenvalue weighted by atomic mass is 16.3. The minimum Gasteiger partial charge on any atom is -0.396 e. The molecule has 102 valence electrons. The summed E-state index contributed by atoms with van der Waals surface area (Å²) in [7, 11) is 0. The molecule has 2 fully saturated rings. The highest BCUT2D eigenvalue weighted by molar-refractivity contribution is 4.96. The summed E-state index contributed by atoms with van der Waals surface area (Å²) in [6.45, 7) is 0.293. The molecule has 0 aromatic rings. The van der Waals surface area contributed by atoms with Gasteiger partial charge in [-0.15, -0.1) is 0 Å². The van der Waals surface area contributed by atoms with E-state index in [1.807, 2.05) is 0 Å². The van der Waals surface area contributed by atoms with E-state index < -0.39 is 0 Å². The number of rotatable bonds is 3. The highest BCUT2D eigenvalue weighted by Crippen LogP contribution is 2.28. The molecule has 0 saturated heterocycles. The van der Waals surface area contributed by atoms with E-state index in [0.717, 1.165) is 19.3 Å². The molecule has 0 spiro atoms. The minimum atomic E-state index is 0.175. The summed E-state index contributed by atoms with van der Waals surface area (Å²) in [4.78, 5) is 0. The van der Waals surface area contributed by atoms with Crippen molar-refractivity contribution in [2.75, 3.05) is 6.61 Å². The van der Waals surface area contributed by atoms with Crippen molar-refractivity contribution in [1.29, 1.82) is 5.26 Å². The van der Waals surface area contributed by atoms with E-state index in [9.17, 15) is 10.4 Å². The molecule has 3 heteroatoms. The molecule has 0 aromatic carbocycles. The lowest BCUT2D eigenvalue weighted by Crippen LogP contribution is -2.47. The molecule has 0 bridgehead atoms. The third-order valence-corrected chi connectivity index (χ3v) is 4.75. The SMILES string of the molecule is N#CC1CCCCCC1NC1CCCCC1CO. The van der Waals surface area contributed by atoms with Crippen molar-refractivity contribution in [3.63, 3.8) is 0 Å². The van der Waals surface area contributed by atoms with Gasteiger partial charge in [0.15, 0.2) is 0 Å². The normalized spacial score (nSPS) is 37.8. The van der Waals surface area contributed by atoms with Gasteiger partial charge in [-0.05, 0) is 31.6 Å². The summed E-state index contributed by atoms with van der Waals surface area (Å²) in [5.41, 5.74) is 0. The number of aliphatic hydroxyl groups excluding tert-OH is 1. The van der Waals surface area contributed by atoms with Crippen molar-refractivity contribution in [3.8, 4) is 6.07 Å². The van der Waals surface area contributed by atoms with Crippen LogP contribution in [-0.2, 0) is 0 Å². The molecule has 2 saturated carbocycles. The van der Waals surface area contributed by atoms with Crippen LogP contribution in [0.5, 0.6) is 0 Å². The quantitative estimate of drug-likeness (QED) is 0.757. The Morgan fingerprint density at radius 1 is 0.944 bits per heavy atom. The van der Waals surface area contributed by atoms with Crippen LogP contribution in [0.2, 0.25) is 0 Å². The largest absolute Gasteiger partial charge is 0.396 e. The van der Waals surface area contributed by atoms with Crippen LogP contribution in [0.3, 0.4) is 0 Å². The van der Waals surface area contributed by atoms with Crippen molar-refractivity contribution >= 4 is 0 Å². The van der Waals surface area contributed by atoms with E-state index in [1.54, 1.807) is 0 Å². The third-order valence-electron chi connectivity index (χ3n) is 4.75. The second kappa shape index (κ2) is 7.11. The van der Waals surface area contributed by atoms with Gasteiger partial charge >= 0.3 is 0 Å². The van der Waals surface area contributed by atoms with E-state index in [-0.39, 0.29) is 5.92 Å². The van der Waals surface area contributed by atoms with E-state index in [1.165, 1.54) is 38.5 Å². The highest BCUT2D eigenvalue weighted by Gasteiger charge is 2.30. The number of nitrogens with zero attached hydrogens (tertiary/aromatic N) is 1. The van der Waals surface area contributed by atoms with E-state index in [2.05, 4.69) is 11.4 Å². The van der Waals surface area contributed by atoms with Gasteiger partial charge in [-0.3, -0.25) is 0 Å². The monoisotopic (exact) mass is 250 g/mol. The standard InChI is InChI=1S/C15H26N2O/c16-10-12-6-2-1-3-8-14(12)17-15-9-5-4-7-13(15)11-18/h12-15,17-18H,1-9,11H2. The van der Waals surface area contributed by atoms with Crippen molar-refractivity contribution in [2.45, 2.75) is 69.9 Å². The summed E-state index contributed by atoms with van der Waals surface area (Å²) in [5.74, 6) is 0.579. The minimum absolute atomic E-state index is 0.175. The Balaban J connectivity index is 1.94. The molecule has 0 radical (unpaired) electrons. The Bertz CT molecular complexity index is 287. The van der Waals surface area contributed by atoms with E-state index in [0.29, 0.717) is 24.6 Å². The summed E-state index contributed by atoms with van der Waals surface area (Å²) in [6, 6.07) is 3.28. The fourth-order valence-electron chi connectivity index (χ4n) is 3.58.